The van der Waals surface area contributed by atoms with E-state index in [1.165, 1.54) is 30.3 Å². The zero-order valence-corrected chi connectivity index (χ0v) is 17.4. The fraction of sp³-hybridized carbons (Fsp3) is 0.143. The summed E-state index contributed by atoms with van der Waals surface area (Å²) in [5.74, 6) is -1.18. The van der Waals surface area contributed by atoms with Crippen LogP contribution in [0.3, 0.4) is 0 Å². The minimum atomic E-state index is -4.20. The van der Waals surface area contributed by atoms with Gasteiger partial charge in [-0.2, -0.15) is 0 Å². The number of pyridine rings is 1. The van der Waals surface area contributed by atoms with E-state index in [4.69, 9.17) is 11.6 Å². The topological polar surface area (TPSA) is 88.2 Å². The minimum absolute atomic E-state index is 0.0840. The average Bonchev–Trinajstić information content (AvgIpc) is 2.71. The van der Waals surface area contributed by atoms with Crippen LogP contribution >= 0.6 is 11.6 Å². The quantitative estimate of drug-likeness (QED) is 0.526. The summed E-state index contributed by atoms with van der Waals surface area (Å²) in [6.07, 6.45) is 3.11. The lowest BCUT2D eigenvalue weighted by Gasteiger charge is -2.14. The smallest absolute Gasteiger partial charge is 0.264 e. The molecule has 2 N–H and O–H groups in total. The number of amides is 1. The lowest BCUT2D eigenvalue weighted by atomic mass is 10.1. The van der Waals surface area contributed by atoms with Crippen LogP contribution < -0.4 is 10.0 Å². The molecule has 0 saturated heterocycles. The van der Waals surface area contributed by atoms with E-state index in [1.807, 2.05) is 18.2 Å². The number of nitrogens with zero attached hydrogens (tertiary/aromatic N) is 1. The number of halogens is 2. The molecule has 0 bridgehead atoms. The molecule has 0 radical (unpaired) electrons. The van der Waals surface area contributed by atoms with Crippen molar-refractivity contribution in [1.29, 1.82) is 0 Å². The van der Waals surface area contributed by atoms with Gasteiger partial charge in [0.1, 0.15) is 10.7 Å². The van der Waals surface area contributed by atoms with Gasteiger partial charge < -0.3 is 5.32 Å². The maximum Gasteiger partial charge on any atom is 0.264 e. The van der Waals surface area contributed by atoms with Crippen LogP contribution in [0, 0.1) is 5.82 Å². The number of benzene rings is 2. The predicted octanol–water partition coefficient (Wildman–Crippen LogP) is 4.64. The van der Waals surface area contributed by atoms with E-state index in [1.54, 1.807) is 6.20 Å². The molecule has 1 aromatic heterocycles. The van der Waals surface area contributed by atoms with Gasteiger partial charge >= 0.3 is 0 Å². The summed E-state index contributed by atoms with van der Waals surface area (Å²) in [6.45, 7) is 0. The second kappa shape index (κ2) is 9.69. The maximum atomic E-state index is 13.9. The van der Waals surface area contributed by atoms with E-state index in [2.05, 4.69) is 15.0 Å². The van der Waals surface area contributed by atoms with Crippen molar-refractivity contribution in [1.82, 2.24) is 4.98 Å². The van der Waals surface area contributed by atoms with Crippen molar-refractivity contribution in [2.45, 2.75) is 24.2 Å². The zero-order chi connectivity index (χ0) is 21.6. The van der Waals surface area contributed by atoms with Crippen LogP contribution in [0.5, 0.6) is 0 Å². The number of rotatable bonds is 8. The number of hydrogen-bond acceptors (Lipinski definition) is 4. The predicted molar refractivity (Wildman–Crippen MR) is 114 cm³/mol. The number of aromatic nitrogens is 1. The number of aryl methyl sites for hydroxylation is 1. The summed E-state index contributed by atoms with van der Waals surface area (Å²) < 4.78 is 41.4. The third kappa shape index (κ3) is 5.77. The number of carbonyl (C=O) groups is 1. The molecule has 0 aliphatic heterocycles. The molecule has 0 fully saturated rings. The molecule has 0 aliphatic rings. The first kappa shape index (κ1) is 21.7. The molecule has 30 heavy (non-hydrogen) atoms. The Labute approximate surface area is 179 Å². The highest BCUT2D eigenvalue weighted by atomic mass is 35.5. The van der Waals surface area contributed by atoms with Crippen LogP contribution in [0.2, 0.25) is 5.02 Å². The largest absolute Gasteiger partial charge is 0.324 e. The number of hydrogen-bond donors (Lipinski definition) is 2. The number of anilines is 2. The van der Waals surface area contributed by atoms with Crippen molar-refractivity contribution in [2.24, 2.45) is 0 Å². The van der Waals surface area contributed by atoms with E-state index in [0.717, 1.165) is 17.8 Å². The van der Waals surface area contributed by atoms with Gasteiger partial charge in [-0.15, -0.1) is 0 Å². The van der Waals surface area contributed by atoms with Crippen molar-refractivity contribution in [2.75, 3.05) is 10.0 Å². The molecular formula is C21H19ClFN3O3S. The molecule has 3 aromatic rings. The van der Waals surface area contributed by atoms with Gasteiger partial charge in [0.15, 0.2) is 0 Å². The second-order valence-electron chi connectivity index (χ2n) is 6.45. The molecule has 0 spiro atoms. The Bertz CT molecular complexity index is 1140. The Kier molecular flexibility index (Phi) is 7.02. The van der Waals surface area contributed by atoms with Gasteiger partial charge in [0.2, 0.25) is 5.91 Å². The molecule has 6 nitrogen and oxygen atoms in total. The zero-order valence-electron chi connectivity index (χ0n) is 15.8. The molecule has 9 heteroatoms. The first-order valence-electron chi connectivity index (χ1n) is 9.12. The number of nitrogens with one attached hydrogen (secondary N) is 2. The van der Waals surface area contributed by atoms with Crippen molar-refractivity contribution in [3.8, 4) is 0 Å². The monoisotopic (exact) mass is 447 g/mol. The summed E-state index contributed by atoms with van der Waals surface area (Å²) in [7, 11) is -4.20. The molecule has 2 aromatic carbocycles. The lowest BCUT2D eigenvalue weighted by Crippen LogP contribution is -2.18. The first-order chi connectivity index (χ1) is 14.3. The Morgan fingerprint density at radius 1 is 1.03 bits per heavy atom. The summed E-state index contributed by atoms with van der Waals surface area (Å²) in [4.78, 5) is 16.1. The normalized spacial score (nSPS) is 11.1. The molecule has 0 saturated carbocycles. The third-order valence-corrected chi connectivity index (χ3v) is 5.82. The third-order valence-electron chi connectivity index (χ3n) is 4.19. The van der Waals surface area contributed by atoms with Crippen molar-refractivity contribution >= 4 is 38.9 Å². The van der Waals surface area contributed by atoms with Crippen LogP contribution in [0.25, 0.3) is 0 Å². The van der Waals surface area contributed by atoms with Crippen LogP contribution in [-0.2, 0) is 21.2 Å². The van der Waals surface area contributed by atoms with Gasteiger partial charge in [-0.1, -0.05) is 29.8 Å². The highest BCUT2D eigenvalue weighted by Gasteiger charge is 2.20. The molecule has 0 unspecified atom stereocenters. The van der Waals surface area contributed by atoms with E-state index >= 15 is 0 Å². The second-order valence-corrected chi connectivity index (χ2v) is 8.54. The maximum absolute atomic E-state index is 13.9. The molecule has 1 amide bonds. The van der Waals surface area contributed by atoms with Gasteiger partial charge in [-0.3, -0.25) is 14.5 Å². The van der Waals surface area contributed by atoms with Gasteiger partial charge in [-0.25, -0.2) is 12.8 Å². The van der Waals surface area contributed by atoms with Crippen molar-refractivity contribution < 1.29 is 17.6 Å². The summed E-state index contributed by atoms with van der Waals surface area (Å²) in [5.41, 5.74) is 1.15. The fourth-order valence-corrected chi connectivity index (χ4v) is 4.09. The van der Waals surface area contributed by atoms with Crippen molar-refractivity contribution in [3.05, 3.63) is 83.4 Å². The molecule has 1 heterocycles. The van der Waals surface area contributed by atoms with Gasteiger partial charge in [0.25, 0.3) is 10.0 Å². The van der Waals surface area contributed by atoms with E-state index in [9.17, 15) is 17.6 Å². The van der Waals surface area contributed by atoms with Gasteiger partial charge in [0.05, 0.1) is 11.4 Å². The summed E-state index contributed by atoms with van der Waals surface area (Å²) >= 11 is 6.00. The van der Waals surface area contributed by atoms with Crippen LogP contribution in [0.15, 0.2) is 71.8 Å². The SMILES string of the molecule is O=C(CCCc1ccccn1)Nc1cc(Cl)ccc1NS(=O)(=O)c1ccccc1F. The van der Waals surface area contributed by atoms with Crippen LogP contribution in [-0.4, -0.2) is 19.3 Å². The molecule has 0 atom stereocenters. The van der Waals surface area contributed by atoms with Gasteiger partial charge in [0, 0.05) is 23.3 Å². The van der Waals surface area contributed by atoms with Crippen molar-refractivity contribution in [3.63, 3.8) is 0 Å². The van der Waals surface area contributed by atoms with E-state index in [0.29, 0.717) is 17.9 Å². The standard InChI is InChI=1S/C21H19ClFN3O3S/c22-15-11-12-18(26-30(28,29)20-9-2-1-8-17(20)23)19(14-15)25-21(27)10-5-7-16-6-3-4-13-24-16/h1-4,6,8-9,11-14,26H,5,7,10H2,(H,25,27). The summed E-state index contributed by atoms with van der Waals surface area (Å²) in [6, 6.07) is 14.9. The Morgan fingerprint density at radius 3 is 2.53 bits per heavy atom. The minimum Gasteiger partial charge on any atom is -0.324 e. The fourth-order valence-electron chi connectivity index (χ4n) is 2.76. The lowest BCUT2D eigenvalue weighted by molar-refractivity contribution is -0.116. The Morgan fingerprint density at radius 2 is 1.80 bits per heavy atom. The van der Waals surface area contributed by atoms with Crippen LogP contribution in [0.4, 0.5) is 15.8 Å². The van der Waals surface area contributed by atoms with Crippen LogP contribution in [0.1, 0.15) is 18.5 Å². The molecule has 156 valence electrons. The van der Waals surface area contributed by atoms with E-state index < -0.39 is 20.7 Å². The highest BCUT2D eigenvalue weighted by molar-refractivity contribution is 7.92. The number of sulfonamides is 1. The van der Waals surface area contributed by atoms with Gasteiger partial charge in [-0.05, 0) is 55.3 Å². The number of carbonyl (C=O) groups excluding carboxylic acids is 1. The summed E-state index contributed by atoms with van der Waals surface area (Å²) in [5, 5.41) is 2.97. The Balaban J connectivity index is 1.70. The van der Waals surface area contributed by atoms with E-state index in [-0.39, 0.29) is 23.7 Å². The average molecular weight is 448 g/mol. The Hall–Kier alpha value is -2.97. The molecule has 0 aliphatic carbocycles. The highest BCUT2D eigenvalue weighted by Crippen LogP contribution is 2.29. The first-order valence-corrected chi connectivity index (χ1v) is 11.0. The molecular weight excluding hydrogens is 429 g/mol. The molecule has 3 rings (SSSR count).